The zero-order valence-electron chi connectivity index (χ0n) is 31.2. The molecule has 282 valence electrons. The Bertz CT molecular complexity index is 2330. The third-order valence-corrected chi connectivity index (χ3v) is 11.0. The maximum Gasteiger partial charge on any atom is 0.249 e. The lowest BCUT2D eigenvalue weighted by molar-refractivity contribution is -0.135. The Balaban J connectivity index is 0.818. The number of piperidine rings is 1. The summed E-state index contributed by atoms with van der Waals surface area (Å²) in [5, 5.41) is 23.5. The first kappa shape index (κ1) is 36.0. The average molecular weight is 738 g/mol. The van der Waals surface area contributed by atoms with Crippen molar-refractivity contribution in [3.8, 4) is 17.0 Å². The summed E-state index contributed by atoms with van der Waals surface area (Å²) in [4.78, 5) is 36.5. The number of amides is 2. The van der Waals surface area contributed by atoms with Gasteiger partial charge in [-0.25, -0.2) is 4.98 Å². The highest BCUT2D eigenvalue weighted by molar-refractivity contribution is 6.10. The fourth-order valence-corrected chi connectivity index (χ4v) is 8.18. The van der Waals surface area contributed by atoms with Gasteiger partial charge in [0.15, 0.2) is 5.82 Å². The number of aromatic nitrogens is 4. The van der Waals surface area contributed by atoms with Gasteiger partial charge < -0.3 is 30.1 Å². The lowest BCUT2D eigenvalue weighted by atomic mass is 10.0. The van der Waals surface area contributed by atoms with E-state index in [1.54, 1.807) is 12.1 Å². The Morgan fingerprint density at radius 1 is 0.891 bits per heavy atom. The lowest BCUT2D eigenvalue weighted by Crippen LogP contribution is -2.46. The predicted octanol–water partition coefficient (Wildman–Crippen LogP) is 6.08. The fraction of sp³-hybridized carbons (Fsp3) is 0.326. The molecule has 4 N–H and O–H groups in total. The van der Waals surface area contributed by atoms with Crippen LogP contribution < -0.4 is 20.9 Å². The van der Waals surface area contributed by atoms with E-state index in [9.17, 15) is 14.7 Å². The molecular formula is C43H47N9O3. The van der Waals surface area contributed by atoms with Crippen molar-refractivity contribution in [2.75, 3.05) is 55.3 Å². The molecule has 0 spiro atoms. The summed E-state index contributed by atoms with van der Waals surface area (Å²) in [7, 11) is 2.19. The Hall–Kier alpha value is -6.01. The third kappa shape index (κ3) is 7.54. The third-order valence-electron chi connectivity index (χ3n) is 11.0. The van der Waals surface area contributed by atoms with Crippen LogP contribution in [0.1, 0.15) is 49.3 Å². The number of para-hydroxylation sites is 2. The van der Waals surface area contributed by atoms with Crippen LogP contribution in [0.5, 0.6) is 5.75 Å². The van der Waals surface area contributed by atoms with Gasteiger partial charge >= 0.3 is 0 Å². The number of benzene rings is 3. The second-order valence-corrected chi connectivity index (χ2v) is 14.7. The first-order valence-corrected chi connectivity index (χ1v) is 19.2. The molecule has 3 aromatic heterocycles. The number of hydrogen-bond acceptors (Lipinski definition) is 10. The first-order valence-electron chi connectivity index (χ1n) is 19.2. The SMILES string of the molecule is CN(CCCCCc1ccnc2c1c1ccccc1n2C1CCC(=O)NC1=O)Cc1ccc(N2CCN(c3cc(-c4ccccc4O)nnc3N)CC2)cc1. The molecule has 2 fully saturated rings. The van der Waals surface area contributed by atoms with Crippen molar-refractivity contribution in [2.45, 2.75) is 51.1 Å². The molecule has 2 aliphatic rings. The van der Waals surface area contributed by atoms with Crippen LogP contribution in [0.2, 0.25) is 0 Å². The van der Waals surface area contributed by atoms with Crippen LogP contribution in [0.3, 0.4) is 0 Å². The van der Waals surface area contributed by atoms with Crippen molar-refractivity contribution >= 4 is 50.9 Å². The largest absolute Gasteiger partial charge is 0.507 e. The molecule has 5 heterocycles. The van der Waals surface area contributed by atoms with Gasteiger partial charge in [0.2, 0.25) is 11.8 Å². The van der Waals surface area contributed by atoms with Gasteiger partial charge in [-0.2, -0.15) is 0 Å². The van der Waals surface area contributed by atoms with E-state index in [1.165, 1.54) is 16.8 Å². The van der Waals surface area contributed by atoms with Gasteiger partial charge in [-0.3, -0.25) is 14.9 Å². The predicted molar refractivity (Wildman–Crippen MR) is 217 cm³/mol. The van der Waals surface area contributed by atoms with Crippen molar-refractivity contribution in [1.82, 2.24) is 30.0 Å². The van der Waals surface area contributed by atoms with Crippen molar-refractivity contribution in [3.05, 3.63) is 102 Å². The summed E-state index contributed by atoms with van der Waals surface area (Å²) in [5.41, 5.74) is 13.9. The van der Waals surface area contributed by atoms with Crippen molar-refractivity contribution in [1.29, 1.82) is 0 Å². The number of anilines is 3. The molecule has 12 heteroatoms. The minimum atomic E-state index is -0.450. The van der Waals surface area contributed by atoms with Crippen molar-refractivity contribution < 1.29 is 14.7 Å². The zero-order chi connectivity index (χ0) is 37.9. The number of nitrogens with zero attached hydrogens (tertiary/aromatic N) is 7. The number of phenolic OH excluding ortho intramolecular Hbond substituents is 1. The standard InChI is InChI=1S/C43H47N9O3/c1-49(22-8-2-3-9-30-20-21-45-42-40(30)33-11-4-6-12-35(33)52(42)36-18-19-39(54)46-43(36)55)28-29-14-16-31(17-15-29)50-23-25-51(26-24-50)37-27-34(47-48-41(37)44)32-10-5-7-13-38(32)53/h4-7,10-17,20-21,27,36,53H,2-3,8-9,18-19,22-26,28H2,1H3,(H2,44,48)(H,46,54,55). The molecular weight excluding hydrogens is 691 g/mol. The van der Waals surface area contributed by atoms with Gasteiger partial charge in [0.05, 0.1) is 16.9 Å². The normalized spacial score (nSPS) is 16.4. The number of rotatable bonds is 12. The van der Waals surface area contributed by atoms with E-state index in [0.717, 1.165) is 92.6 Å². The van der Waals surface area contributed by atoms with Crippen molar-refractivity contribution in [2.24, 2.45) is 0 Å². The number of phenols is 1. The number of piperazine rings is 1. The fourth-order valence-electron chi connectivity index (χ4n) is 8.18. The van der Waals surface area contributed by atoms with E-state index in [1.807, 2.05) is 47.2 Å². The van der Waals surface area contributed by atoms with Crippen LogP contribution in [0.15, 0.2) is 91.1 Å². The number of nitrogens with two attached hydrogens (primary N) is 1. The number of carbonyl (C=O) groups is 2. The molecule has 1 atom stereocenters. The minimum Gasteiger partial charge on any atom is -0.507 e. The van der Waals surface area contributed by atoms with Gasteiger partial charge in [-0.1, -0.05) is 48.9 Å². The molecule has 55 heavy (non-hydrogen) atoms. The monoisotopic (exact) mass is 737 g/mol. The number of nitrogen functional groups attached to an aromatic ring is 1. The van der Waals surface area contributed by atoms with E-state index >= 15 is 0 Å². The summed E-state index contributed by atoms with van der Waals surface area (Å²) in [6.45, 7) is 5.24. The van der Waals surface area contributed by atoms with Gasteiger partial charge in [-0.05, 0) is 92.9 Å². The summed E-state index contributed by atoms with van der Waals surface area (Å²) >= 11 is 0. The van der Waals surface area contributed by atoms with E-state index < -0.39 is 6.04 Å². The highest BCUT2D eigenvalue weighted by Crippen LogP contribution is 2.36. The number of pyridine rings is 1. The molecule has 1 unspecified atom stereocenters. The molecule has 12 nitrogen and oxygen atoms in total. The van der Waals surface area contributed by atoms with Crippen LogP contribution in [-0.2, 0) is 22.6 Å². The average Bonchev–Trinajstić information content (AvgIpc) is 3.53. The highest BCUT2D eigenvalue weighted by Gasteiger charge is 2.31. The zero-order valence-corrected chi connectivity index (χ0v) is 31.2. The van der Waals surface area contributed by atoms with Gasteiger partial charge in [-0.15, -0.1) is 10.2 Å². The Morgan fingerprint density at radius 2 is 1.65 bits per heavy atom. The van der Waals surface area contributed by atoms with Crippen LogP contribution in [0.4, 0.5) is 17.2 Å². The number of aryl methyl sites for hydroxylation is 1. The van der Waals surface area contributed by atoms with Gasteiger partial charge in [0, 0.05) is 67.4 Å². The number of hydrogen-bond donors (Lipinski definition) is 3. The van der Waals surface area contributed by atoms with E-state index in [4.69, 9.17) is 10.7 Å². The number of nitrogens with one attached hydrogen (secondary N) is 1. The van der Waals surface area contributed by atoms with E-state index in [2.05, 4.69) is 73.7 Å². The number of imide groups is 1. The second kappa shape index (κ2) is 15.8. The molecule has 6 aromatic rings. The molecule has 0 saturated carbocycles. The maximum absolute atomic E-state index is 12.9. The summed E-state index contributed by atoms with van der Waals surface area (Å²) < 4.78 is 2.03. The van der Waals surface area contributed by atoms with Crippen LogP contribution in [0, 0.1) is 0 Å². The number of fused-ring (bicyclic) bond motifs is 3. The topological polar surface area (TPSA) is 146 Å². The first-order chi connectivity index (χ1) is 26.8. The summed E-state index contributed by atoms with van der Waals surface area (Å²) in [6.07, 6.45) is 6.88. The summed E-state index contributed by atoms with van der Waals surface area (Å²) in [6, 6.07) is 27.8. The Morgan fingerprint density at radius 3 is 2.45 bits per heavy atom. The molecule has 2 amide bonds. The molecule has 3 aromatic carbocycles. The molecule has 0 radical (unpaired) electrons. The minimum absolute atomic E-state index is 0.169. The molecule has 8 rings (SSSR count). The number of unbranched alkanes of at least 4 members (excludes halogenated alkanes) is 2. The quantitative estimate of drug-likeness (QED) is 0.0998. The lowest BCUT2D eigenvalue weighted by Gasteiger charge is -2.37. The van der Waals surface area contributed by atoms with E-state index in [-0.39, 0.29) is 17.6 Å². The second-order valence-electron chi connectivity index (χ2n) is 14.7. The molecule has 0 bridgehead atoms. The van der Waals surface area contributed by atoms with Crippen LogP contribution >= 0.6 is 0 Å². The van der Waals surface area contributed by atoms with E-state index in [0.29, 0.717) is 29.9 Å². The van der Waals surface area contributed by atoms with Crippen LogP contribution in [-0.4, -0.2) is 81.3 Å². The highest BCUT2D eigenvalue weighted by atomic mass is 16.3. The molecule has 2 saturated heterocycles. The molecule has 0 aliphatic carbocycles. The Labute approximate surface area is 320 Å². The smallest absolute Gasteiger partial charge is 0.249 e. The Kier molecular flexibility index (Phi) is 10.3. The van der Waals surface area contributed by atoms with Gasteiger partial charge in [0.25, 0.3) is 0 Å². The number of aromatic hydroxyl groups is 1. The van der Waals surface area contributed by atoms with Crippen LogP contribution in [0.25, 0.3) is 33.2 Å². The van der Waals surface area contributed by atoms with Crippen molar-refractivity contribution in [3.63, 3.8) is 0 Å². The maximum atomic E-state index is 12.9. The molecule has 2 aliphatic heterocycles. The van der Waals surface area contributed by atoms with Gasteiger partial charge in [0.1, 0.15) is 17.4 Å². The number of carbonyl (C=O) groups excluding carboxylic acids is 2. The summed E-state index contributed by atoms with van der Waals surface area (Å²) in [5.74, 6) is 0.0934.